The van der Waals surface area contributed by atoms with Gasteiger partial charge in [-0.3, -0.25) is 9.79 Å². The highest BCUT2D eigenvalue weighted by Crippen LogP contribution is 2.42. The molecule has 1 aromatic carbocycles. The van der Waals surface area contributed by atoms with Gasteiger partial charge in [0.25, 0.3) is 0 Å². The predicted octanol–water partition coefficient (Wildman–Crippen LogP) is 4.19. The molecule has 0 aromatic heterocycles. The lowest BCUT2D eigenvalue weighted by molar-refractivity contribution is -0.119. The highest BCUT2D eigenvalue weighted by atomic mass is 16.2. The second-order valence-electron chi connectivity index (χ2n) is 10.4. The molecule has 1 saturated carbocycles. The molecule has 5 nitrogen and oxygen atoms in total. The number of nitrogens with zero attached hydrogens (tertiary/aromatic N) is 3. The minimum absolute atomic E-state index is 0.0788. The molecular weight excluding hydrogens is 384 g/mol. The lowest BCUT2D eigenvalue weighted by Crippen LogP contribution is -2.50. The van der Waals surface area contributed by atoms with Gasteiger partial charge in [-0.15, -0.1) is 0 Å². The fourth-order valence-electron chi connectivity index (χ4n) is 6.41. The van der Waals surface area contributed by atoms with Crippen molar-refractivity contribution >= 4 is 17.4 Å². The van der Waals surface area contributed by atoms with Gasteiger partial charge in [0.05, 0.1) is 18.3 Å². The number of anilines is 1. The van der Waals surface area contributed by atoms with Gasteiger partial charge in [-0.05, 0) is 62.0 Å². The zero-order chi connectivity index (χ0) is 21.4. The molecule has 0 radical (unpaired) electrons. The van der Waals surface area contributed by atoms with Crippen molar-refractivity contribution in [2.45, 2.75) is 76.8 Å². The summed E-state index contributed by atoms with van der Waals surface area (Å²) in [4.78, 5) is 23.0. The largest absolute Gasteiger partial charge is 0.372 e. The van der Waals surface area contributed by atoms with Gasteiger partial charge >= 0.3 is 0 Å². The van der Waals surface area contributed by atoms with Crippen LogP contribution in [0.25, 0.3) is 0 Å². The molecule has 1 aliphatic carbocycles. The van der Waals surface area contributed by atoms with E-state index in [-0.39, 0.29) is 11.8 Å². The summed E-state index contributed by atoms with van der Waals surface area (Å²) < 4.78 is 0. The molecule has 3 aliphatic heterocycles. The second kappa shape index (κ2) is 8.93. The summed E-state index contributed by atoms with van der Waals surface area (Å²) in [6.07, 6.45) is 8.39. The molecule has 0 bridgehead atoms. The highest BCUT2D eigenvalue weighted by Gasteiger charge is 2.42. The summed E-state index contributed by atoms with van der Waals surface area (Å²) in [5, 5.41) is 3.35. The number of amidine groups is 1. The van der Waals surface area contributed by atoms with E-state index in [0.717, 1.165) is 68.4 Å². The smallest absolute Gasteiger partial charge is 0.235 e. The number of fused-ring (bicyclic) bond motifs is 1. The highest BCUT2D eigenvalue weighted by molar-refractivity contribution is 6.07. The zero-order valence-corrected chi connectivity index (χ0v) is 19.2. The van der Waals surface area contributed by atoms with Crippen molar-refractivity contribution in [3.8, 4) is 0 Å². The average Bonchev–Trinajstić information content (AvgIpc) is 3.41. The normalized spacial score (nSPS) is 29.9. The van der Waals surface area contributed by atoms with Gasteiger partial charge in [-0.25, -0.2) is 0 Å². The molecule has 31 heavy (non-hydrogen) atoms. The lowest BCUT2D eigenvalue weighted by atomic mass is 9.79. The molecule has 1 atom stereocenters. The Balaban J connectivity index is 1.23. The summed E-state index contributed by atoms with van der Waals surface area (Å²) in [7, 11) is 0. The van der Waals surface area contributed by atoms with Crippen LogP contribution in [0.15, 0.2) is 29.3 Å². The van der Waals surface area contributed by atoms with Crippen LogP contribution in [0.4, 0.5) is 5.69 Å². The van der Waals surface area contributed by atoms with Crippen LogP contribution in [0.2, 0.25) is 0 Å². The molecule has 5 rings (SSSR count). The van der Waals surface area contributed by atoms with Gasteiger partial charge in [-0.1, -0.05) is 32.0 Å². The second-order valence-corrected chi connectivity index (χ2v) is 10.4. The Morgan fingerprint density at radius 1 is 1.03 bits per heavy atom. The third-order valence-electron chi connectivity index (χ3n) is 8.31. The Hall–Kier alpha value is -1.88. The van der Waals surface area contributed by atoms with Crippen LogP contribution in [0, 0.1) is 11.8 Å². The Kier molecular flexibility index (Phi) is 6.05. The van der Waals surface area contributed by atoms with Crippen LogP contribution in [-0.4, -0.2) is 54.9 Å². The number of rotatable bonds is 5. The Morgan fingerprint density at radius 2 is 1.77 bits per heavy atom. The lowest BCUT2D eigenvalue weighted by Gasteiger charge is -2.43. The maximum absolute atomic E-state index is 13.6. The minimum Gasteiger partial charge on any atom is -0.372 e. The molecule has 2 fully saturated rings. The van der Waals surface area contributed by atoms with Gasteiger partial charge < -0.3 is 15.1 Å². The molecule has 0 spiro atoms. The van der Waals surface area contributed by atoms with Crippen LogP contribution in [0.3, 0.4) is 0 Å². The van der Waals surface area contributed by atoms with E-state index >= 15 is 0 Å². The Labute approximate surface area is 187 Å². The van der Waals surface area contributed by atoms with Crippen LogP contribution in [-0.2, 0) is 4.79 Å². The minimum atomic E-state index is -0.0788. The van der Waals surface area contributed by atoms with E-state index in [1.807, 2.05) is 0 Å². The molecule has 1 aromatic rings. The fraction of sp³-hybridized carbons (Fsp3) is 0.692. The van der Waals surface area contributed by atoms with E-state index in [4.69, 9.17) is 0 Å². The summed E-state index contributed by atoms with van der Waals surface area (Å²) >= 11 is 0. The number of para-hydroxylation sites is 1. The zero-order valence-electron chi connectivity index (χ0n) is 19.2. The molecule has 1 N–H and O–H groups in total. The number of carbonyl (C=O) groups is 1. The number of piperidine rings is 1. The van der Waals surface area contributed by atoms with E-state index in [0.29, 0.717) is 12.5 Å². The Bertz CT molecular complexity index is 818. The standard InChI is InChI=1S/C26H38N4O/c1-18(2)19-7-9-20(10-8-19)29-15-11-21(12-16-29)30-24-6-4-3-5-22(24)23(26(30)31)17-25-27-13-14-28-25/h3-6,18-21,23H,7-17H2,1-2H3,(H,27,28)/t19-,20+,23?. The van der Waals surface area contributed by atoms with Crippen molar-refractivity contribution in [3.63, 3.8) is 0 Å². The number of nitrogens with one attached hydrogen (secondary N) is 1. The number of aliphatic imine (C=N–C) groups is 1. The van der Waals surface area contributed by atoms with Crippen LogP contribution in [0.5, 0.6) is 0 Å². The molecular formula is C26H38N4O. The number of amides is 1. The van der Waals surface area contributed by atoms with Crippen LogP contribution < -0.4 is 10.2 Å². The molecule has 1 unspecified atom stereocenters. The first-order chi connectivity index (χ1) is 15.1. The van der Waals surface area contributed by atoms with Crippen molar-refractivity contribution in [2.24, 2.45) is 16.8 Å². The Morgan fingerprint density at radius 3 is 2.45 bits per heavy atom. The molecule has 1 amide bonds. The third kappa shape index (κ3) is 4.13. The summed E-state index contributed by atoms with van der Waals surface area (Å²) in [5.41, 5.74) is 2.34. The number of hydrogen-bond donors (Lipinski definition) is 1. The first-order valence-corrected chi connectivity index (χ1v) is 12.5. The van der Waals surface area contributed by atoms with Gasteiger partial charge in [0.15, 0.2) is 0 Å². The number of likely N-dealkylation sites (tertiary alicyclic amines) is 1. The van der Waals surface area contributed by atoms with Gasteiger partial charge in [-0.2, -0.15) is 0 Å². The number of carbonyl (C=O) groups excluding carboxylic acids is 1. The molecule has 5 heteroatoms. The molecule has 4 aliphatic rings. The van der Waals surface area contributed by atoms with E-state index < -0.39 is 0 Å². The van der Waals surface area contributed by atoms with Crippen molar-refractivity contribution in [1.29, 1.82) is 0 Å². The molecule has 1 saturated heterocycles. The fourth-order valence-corrected chi connectivity index (χ4v) is 6.41. The van der Waals surface area contributed by atoms with Crippen molar-refractivity contribution in [1.82, 2.24) is 10.2 Å². The van der Waals surface area contributed by atoms with Crippen molar-refractivity contribution in [2.75, 3.05) is 31.1 Å². The van der Waals surface area contributed by atoms with E-state index in [1.165, 1.54) is 31.2 Å². The van der Waals surface area contributed by atoms with Gasteiger partial charge in [0.2, 0.25) is 5.91 Å². The van der Waals surface area contributed by atoms with E-state index in [9.17, 15) is 4.79 Å². The maximum Gasteiger partial charge on any atom is 0.235 e. The quantitative estimate of drug-likeness (QED) is 0.774. The van der Waals surface area contributed by atoms with E-state index in [2.05, 4.69) is 58.2 Å². The topological polar surface area (TPSA) is 47.9 Å². The predicted molar refractivity (Wildman–Crippen MR) is 127 cm³/mol. The summed E-state index contributed by atoms with van der Waals surface area (Å²) in [6.45, 7) is 8.76. The third-order valence-corrected chi connectivity index (χ3v) is 8.31. The number of benzene rings is 1. The van der Waals surface area contributed by atoms with Gasteiger partial charge in [0.1, 0.15) is 0 Å². The summed E-state index contributed by atoms with van der Waals surface area (Å²) in [5.74, 6) is 2.95. The first kappa shape index (κ1) is 21.0. The summed E-state index contributed by atoms with van der Waals surface area (Å²) in [6, 6.07) is 9.54. The number of hydrogen-bond acceptors (Lipinski definition) is 4. The van der Waals surface area contributed by atoms with Crippen molar-refractivity contribution in [3.05, 3.63) is 29.8 Å². The van der Waals surface area contributed by atoms with E-state index in [1.54, 1.807) is 0 Å². The monoisotopic (exact) mass is 422 g/mol. The molecule has 3 heterocycles. The molecule has 168 valence electrons. The first-order valence-electron chi connectivity index (χ1n) is 12.5. The van der Waals surface area contributed by atoms with Crippen molar-refractivity contribution < 1.29 is 4.79 Å². The van der Waals surface area contributed by atoms with Crippen LogP contribution in [0.1, 0.15) is 70.3 Å². The van der Waals surface area contributed by atoms with Gasteiger partial charge in [0, 0.05) is 43.8 Å². The average molecular weight is 423 g/mol. The maximum atomic E-state index is 13.6. The van der Waals surface area contributed by atoms with Crippen LogP contribution >= 0.6 is 0 Å². The SMILES string of the molecule is CC(C)[C@H]1CC[C@@H](N2CCC(N3C(=O)C(CC4=NCCN4)c4ccccc43)CC2)CC1.